The third kappa shape index (κ3) is 2.74. The van der Waals surface area contributed by atoms with Gasteiger partial charge >= 0.3 is 0 Å². The van der Waals surface area contributed by atoms with Crippen molar-refractivity contribution >= 4 is 40.8 Å². The molecular weight excluding hydrogens is 288 g/mol. The molecule has 0 saturated carbocycles. The number of aromatic nitrogens is 1. The molecule has 7 heteroatoms. The SMILES string of the molecule is O=Cc1sc(Oc2ccc(F)c(Cl)c2)nc1Cl. The van der Waals surface area contributed by atoms with Gasteiger partial charge in [0.1, 0.15) is 16.4 Å². The normalized spacial score (nSPS) is 10.3. The van der Waals surface area contributed by atoms with Gasteiger partial charge in [-0.2, -0.15) is 4.98 Å². The van der Waals surface area contributed by atoms with Gasteiger partial charge in [-0.3, -0.25) is 4.79 Å². The van der Waals surface area contributed by atoms with E-state index in [9.17, 15) is 9.18 Å². The van der Waals surface area contributed by atoms with E-state index in [1.807, 2.05) is 0 Å². The molecule has 88 valence electrons. The summed E-state index contributed by atoms with van der Waals surface area (Å²) in [5, 5.41) is 0.216. The van der Waals surface area contributed by atoms with Gasteiger partial charge in [0.25, 0.3) is 5.19 Å². The maximum atomic E-state index is 12.9. The van der Waals surface area contributed by atoms with Crippen molar-refractivity contribution in [1.82, 2.24) is 4.98 Å². The lowest BCUT2D eigenvalue weighted by Gasteiger charge is -2.01. The van der Waals surface area contributed by atoms with E-state index < -0.39 is 5.82 Å². The van der Waals surface area contributed by atoms with Crippen LogP contribution in [0.3, 0.4) is 0 Å². The van der Waals surface area contributed by atoms with Crippen molar-refractivity contribution < 1.29 is 13.9 Å². The van der Waals surface area contributed by atoms with E-state index in [0.717, 1.165) is 11.3 Å². The molecule has 0 aliphatic carbocycles. The van der Waals surface area contributed by atoms with Gasteiger partial charge in [-0.05, 0) is 12.1 Å². The Labute approximate surface area is 110 Å². The third-order valence-corrected chi connectivity index (χ3v) is 3.34. The van der Waals surface area contributed by atoms with E-state index in [-0.39, 0.29) is 20.2 Å². The molecule has 0 aliphatic heterocycles. The second-order valence-electron chi connectivity index (χ2n) is 2.93. The van der Waals surface area contributed by atoms with E-state index >= 15 is 0 Å². The fourth-order valence-electron chi connectivity index (χ4n) is 1.05. The van der Waals surface area contributed by atoms with Gasteiger partial charge in [0.15, 0.2) is 11.4 Å². The maximum absolute atomic E-state index is 12.9. The van der Waals surface area contributed by atoms with E-state index in [0.29, 0.717) is 12.0 Å². The van der Waals surface area contributed by atoms with Gasteiger partial charge in [0.05, 0.1) is 5.02 Å². The van der Waals surface area contributed by atoms with Crippen LogP contribution in [-0.2, 0) is 0 Å². The molecular formula is C10H4Cl2FNO2S. The number of hydrogen-bond acceptors (Lipinski definition) is 4. The zero-order valence-corrected chi connectivity index (χ0v) is 10.4. The predicted molar refractivity (Wildman–Crippen MR) is 64.0 cm³/mol. The second kappa shape index (κ2) is 5.00. The Morgan fingerprint density at radius 3 is 2.76 bits per heavy atom. The minimum Gasteiger partial charge on any atom is -0.431 e. The number of carbonyl (C=O) groups excluding carboxylic acids is 1. The van der Waals surface area contributed by atoms with Crippen molar-refractivity contribution in [2.45, 2.75) is 0 Å². The molecule has 0 fully saturated rings. The molecule has 3 nitrogen and oxygen atoms in total. The van der Waals surface area contributed by atoms with Crippen LogP contribution in [0.25, 0.3) is 0 Å². The minimum atomic E-state index is -0.537. The number of hydrogen-bond donors (Lipinski definition) is 0. The number of aldehydes is 1. The van der Waals surface area contributed by atoms with Gasteiger partial charge in [0.2, 0.25) is 0 Å². The van der Waals surface area contributed by atoms with Gasteiger partial charge in [-0.25, -0.2) is 4.39 Å². The lowest BCUT2D eigenvalue weighted by atomic mass is 10.3. The number of nitrogens with zero attached hydrogens (tertiary/aromatic N) is 1. The van der Waals surface area contributed by atoms with Crippen molar-refractivity contribution in [3.8, 4) is 10.9 Å². The van der Waals surface area contributed by atoms with Gasteiger partial charge in [-0.1, -0.05) is 34.5 Å². The number of halogens is 3. The molecule has 0 unspecified atom stereocenters. The number of thiazole rings is 1. The summed E-state index contributed by atoms with van der Waals surface area (Å²) in [4.78, 5) is 14.6. The first-order valence-electron chi connectivity index (χ1n) is 4.34. The Morgan fingerprint density at radius 2 is 2.18 bits per heavy atom. The number of ether oxygens (including phenoxy) is 1. The standard InChI is InChI=1S/C10H4Cl2FNO2S/c11-6-3-5(1-2-7(6)13)16-10-14-9(12)8(4-15)17-10/h1-4H. The Kier molecular flexibility index (Phi) is 3.61. The Balaban J connectivity index is 2.25. The van der Waals surface area contributed by atoms with Crippen molar-refractivity contribution in [2.24, 2.45) is 0 Å². The zero-order valence-electron chi connectivity index (χ0n) is 8.12. The number of carbonyl (C=O) groups is 1. The first-order chi connectivity index (χ1) is 8.10. The minimum absolute atomic E-state index is 0.0548. The molecule has 0 bridgehead atoms. The van der Waals surface area contributed by atoms with Crippen LogP contribution >= 0.6 is 34.5 Å². The average molecular weight is 292 g/mol. The smallest absolute Gasteiger partial charge is 0.280 e. The van der Waals surface area contributed by atoms with Crippen molar-refractivity contribution in [3.63, 3.8) is 0 Å². The molecule has 0 radical (unpaired) electrons. The van der Waals surface area contributed by atoms with Crippen LogP contribution in [0.2, 0.25) is 10.2 Å². The summed E-state index contributed by atoms with van der Waals surface area (Å²) in [6.45, 7) is 0. The summed E-state index contributed by atoms with van der Waals surface area (Å²) in [5.41, 5.74) is 0. The summed E-state index contributed by atoms with van der Waals surface area (Å²) >= 11 is 12.3. The first kappa shape index (κ1) is 12.3. The first-order valence-corrected chi connectivity index (χ1v) is 5.92. The molecule has 0 atom stereocenters. The highest BCUT2D eigenvalue weighted by Crippen LogP contribution is 2.32. The van der Waals surface area contributed by atoms with Crippen molar-refractivity contribution in [3.05, 3.63) is 39.1 Å². The second-order valence-corrected chi connectivity index (χ2v) is 4.69. The van der Waals surface area contributed by atoms with E-state index in [2.05, 4.69) is 4.98 Å². The summed E-state index contributed by atoms with van der Waals surface area (Å²) in [5.74, 6) is -0.218. The highest BCUT2D eigenvalue weighted by Gasteiger charge is 2.11. The van der Waals surface area contributed by atoms with Crippen molar-refractivity contribution in [1.29, 1.82) is 0 Å². The van der Waals surface area contributed by atoms with Crippen LogP contribution < -0.4 is 4.74 Å². The van der Waals surface area contributed by atoms with Crippen molar-refractivity contribution in [2.75, 3.05) is 0 Å². The van der Waals surface area contributed by atoms with Gasteiger partial charge in [0, 0.05) is 6.07 Å². The highest BCUT2D eigenvalue weighted by atomic mass is 35.5. The number of benzene rings is 1. The van der Waals surface area contributed by atoms with Crippen LogP contribution in [0.15, 0.2) is 18.2 Å². The van der Waals surface area contributed by atoms with E-state index in [1.165, 1.54) is 18.2 Å². The third-order valence-electron chi connectivity index (χ3n) is 1.79. The molecule has 1 aromatic heterocycles. The average Bonchev–Trinajstić information content (AvgIpc) is 2.64. The maximum Gasteiger partial charge on any atom is 0.280 e. The van der Waals surface area contributed by atoms with Crippen LogP contribution in [-0.4, -0.2) is 11.3 Å². The van der Waals surface area contributed by atoms with E-state index in [4.69, 9.17) is 27.9 Å². The zero-order chi connectivity index (χ0) is 12.4. The quantitative estimate of drug-likeness (QED) is 0.796. The number of rotatable bonds is 3. The van der Waals surface area contributed by atoms with Crippen LogP contribution in [0, 0.1) is 5.82 Å². The molecule has 2 rings (SSSR count). The molecule has 0 spiro atoms. The highest BCUT2D eigenvalue weighted by molar-refractivity contribution is 7.15. The van der Waals surface area contributed by atoms with E-state index in [1.54, 1.807) is 0 Å². The Morgan fingerprint density at radius 1 is 1.41 bits per heavy atom. The predicted octanol–water partition coefficient (Wildman–Crippen LogP) is 4.19. The molecule has 0 amide bonds. The van der Waals surface area contributed by atoms with Crippen LogP contribution in [0.4, 0.5) is 4.39 Å². The largest absolute Gasteiger partial charge is 0.431 e. The molecule has 1 aromatic carbocycles. The van der Waals surface area contributed by atoms with Crippen LogP contribution in [0.5, 0.6) is 10.9 Å². The molecule has 17 heavy (non-hydrogen) atoms. The summed E-state index contributed by atoms with van der Waals surface area (Å²) in [6, 6.07) is 3.89. The summed E-state index contributed by atoms with van der Waals surface area (Å²) < 4.78 is 18.2. The Bertz CT molecular complexity index is 573. The molecule has 0 saturated heterocycles. The lowest BCUT2D eigenvalue weighted by molar-refractivity contribution is 0.112. The fraction of sp³-hybridized carbons (Fsp3) is 0. The molecule has 1 heterocycles. The molecule has 0 aliphatic rings. The molecule has 2 aromatic rings. The summed E-state index contributed by atoms with van der Waals surface area (Å²) in [6.07, 6.45) is 0.588. The van der Waals surface area contributed by atoms with Gasteiger partial charge < -0.3 is 4.74 Å². The topological polar surface area (TPSA) is 39.2 Å². The Hall–Kier alpha value is -1.17. The summed E-state index contributed by atoms with van der Waals surface area (Å²) in [7, 11) is 0. The monoisotopic (exact) mass is 291 g/mol. The molecule has 0 N–H and O–H groups in total. The van der Waals surface area contributed by atoms with Gasteiger partial charge in [-0.15, -0.1) is 0 Å². The fourth-order valence-corrected chi connectivity index (χ4v) is 2.15. The lowest BCUT2D eigenvalue weighted by Crippen LogP contribution is -1.84. The van der Waals surface area contributed by atoms with Crippen LogP contribution in [0.1, 0.15) is 9.67 Å².